The molecule has 1 fully saturated rings. The largest absolute Gasteiger partial charge is 0.0590 e. The molecular weight excluding hydrogens is 324 g/mol. The molecule has 0 saturated heterocycles. The summed E-state index contributed by atoms with van der Waals surface area (Å²) in [6, 6.07) is 27.9. The fraction of sp³-hybridized carbons (Fsp3) is 0.333. The first-order chi connectivity index (χ1) is 13.1. The number of benzene rings is 3. The third-order valence-electron chi connectivity index (χ3n) is 6.49. The lowest BCUT2D eigenvalue weighted by molar-refractivity contribution is 0.381. The van der Waals surface area contributed by atoms with Gasteiger partial charge in [0, 0.05) is 5.41 Å². The molecule has 0 bridgehead atoms. The van der Waals surface area contributed by atoms with Gasteiger partial charge in [-0.2, -0.15) is 0 Å². The number of aryl methyl sites for hydroxylation is 3. The molecule has 1 aliphatic rings. The van der Waals surface area contributed by atoms with Gasteiger partial charge < -0.3 is 0 Å². The summed E-state index contributed by atoms with van der Waals surface area (Å²) in [6.45, 7) is 6.54. The normalized spacial score (nSPS) is 15.2. The maximum absolute atomic E-state index is 2.37. The molecule has 0 atom stereocenters. The Hall–Kier alpha value is -2.34. The van der Waals surface area contributed by atoms with Gasteiger partial charge in [-0.25, -0.2) is 0 Å². The molecule has 0 unspecified atom stereocenters. The van der Waals surface area contributed by atoms with Crippen molar-refractivity contribution < 1.29 is 0 Å². The van der Waals surface area contributed by atoms with Gasteiger partial charge in [-0.05, 0) is 56.2 Å². The van der Waals surface area contributed by atoms with E-state index in [9.17, 15) is 0 Å². The first kappa shape index (κ1) is 18.0. The van der Waals surface area contributed by atoms with E-state index >= 15 is 0 Å². The summed E-state index contributed by atoms with van der Waals surface area (Å²) in [5, 5.41) is 0. The molecule has 138 valence electrons. The van der Waals surface area contributed by atoms with Crippen LogP contribution in [0.25, 0.3) is 0 Å². The van der Waals surface area contributed by atoms with Gasteiger partial charge >= 0.3 is 0 Å². The smallest absolute Gasteiger partial charge is 0.0479 e. The highest BCUT2D eigenvalue weighted by atomic mass is 14.5. The van der Waals surface area contributed by atoms with Crippen LogP contribution in [-0.2, 0) is 5.41 Å². The van der Waals surface area contributed by atoms with Crippen LogP contribution in [0, 0.1) is 26.7 Å². The second kappa shape index (κ2) is 7.35. The Morgan fingerprint density at radius 3 is 1.11 bits per heavy atom. The van der Waals surface area contributed by atoms with E-state index in [0.717, 1.165) is 0 Å². The average molecular weight is 355 g/mol. The summed E-state index contributed by atoms with van der Waals surface area (Å²) >= 11 is 0. The van der Waals surface area contributed by atoms with E-state index in [2.05, 4.69) is 93.6 Å². The third kappa shape index (κ3) is 3.23. The number of rotatable bonds is 4. The molecule has 0 radical (unpaired) electrons. The lowest BCUT2D eigenvalue weighted by atomic mass is 9.61. The molecule has 0 aliphatic heterocycles. The molecule has 3 aromatic rings. The maximum Gasteiger partial charge on any atom is 0.0479 e. The Morgan fingerprint density at radius 2 is 0.815 bits per heavy atom. The van der Waals surface area contributed by atoms with E-state index in [-0.39, 0.29) is 5.41 Å². The van der Waals surface area contributed by atoms with Gasteiger partial charge in [0.2, 0.25) is 0 Å². The van der Waals surface area contributed by atoms with Crippen LogP contribution >= 0.6 is 0 Å². The molecule has 27 heavy (non-hydrogen) atoms. The molecule has 1 aliphatic carbocycles. The Balaban J connectivity index is 2.02. The summed E-state index contributed by atoms with van der Waals surface area (Å²) in [5.74, 6) is 0.644. The molecular formula is C27H30. The molecule has 0 N–H and O–H groups in total. The summed E-state index contributed by atoms with van der Waals surface area (Å²) in [7, 11) is 0. The van der Waals surface area contributed by atoms with Crippen LogP contribution in [0.4, 0.5) is 0 Å². The van der Waals surface area contributed by atoms with Crippen molar-refractivity contribution in [1.82, 2.24) is 0 Å². The second-order valence-electron chi connectivity index (χ2n) is 8.39. The minimum Gasteiger partial charge on any atom is -0.0590 e. The van der Waals surface area contributed by atoms with Gasteiger partial charge in [0.05, 0.1) is 0 Å². The van der Waals surface area contributed by atoms with Crippen LogP contribution < -0.4 is 0 Å². The molecule has 0 heteroatoms. The van der Waals surface area contributed by atoms with E-state index in [0.29, 0.717) is 5.92 Å². The first-order valence-electron chi connectivity index (χ1n) is 10.3. The van der Waals surface area contributed by atoms with E-state index in [1.807, 2.05) is 0 Å². The average Bonchev–Trinajstić information content (AvgIpc) is 3.21. The van der Waals surface area contributed by atoms with Crippen molar-refractivity contribution in [3.63, 3.8) is 0 Å². The lowest BCUT2D eigenvalue weighted by Gasteiger charge is -2.41. The Kier molecular flexibility index (Phi) is 4.91. The van der Waals surface area contributed by atoms with Gasteiger partial charge in [-0.3, -0.25) is 0 Å². The van der Waals surface area contributed by atoms with Gasteiger partial charge in [0.1, 0.15) is 0 Å². The topological polar surface area (TPSA) is 0 Å². The molecule has 1 saturated carbocycles. The predicted molar refractivity (Wildman–Crippen MR) is 115 cm³/mol. The minimum absolute atomic E-state index is 0.0639. The standard InChI is InChI=1S/C27H30/c1-20-8-14-24(15-9-20)27(23-6-4-5-7-23,25-16-10-21(2)11-17-25)26-18-12-22(3)13-19-26/h8-19,23H,4-7H2,1-3H3. The second-order valence-corrected chi connectivity index (χ2v) is 8.39. The zero-order chi connectivity index (χ0) is 18.9. The summed E-state index contributed by atoms with van der Waals surface area (Å²) < 4.78 is 0. The van der Waals surface area contributed by atoms with Crippen molar-refractivity contribution in [3.05, 3.63) is 106 Å². The van der Waals surface area contributed by atoms with Crippen molar-refractivity contribution in [2.24, 2.45) is 5.92 Å². The van der Waals surface area contributed by atoms with Crippen LogP contribution in [0.2, 0.25) is 0 Å². The highest BCUT2D eigenvalue weighted by molar-refractivity contribution is 5.52. The molecule has 0 spiro atoms. The SMILES string of the molecule is Cc1ccc(C(c2ccc(C)cc2)(c2ccc(C)cc2)C2CCCC2)cc1. The lowest BCUT2D eigenvalue weighted by Crippen LogP contribution is -2.37. The minimum atomic E-state index is -0.0639. The Morgan fingerprint density at radius 1 is 0.519 bits per heavy atom. The monoisotopic (exact) mass is 354 g/mol. The van der Waals surface area contributed by atoms with Gasteiger partial charge in [0.15, 0.2) is 0 Å². The predicted octanol–water partition coefficient (Wildman–Crippen LogP) is 7.14. The van der Waals surface area contributed by atoms with Crippen molar-refractivity contribution in [2.45, 2.75) is 51.9 Å². The quantitative estimate of drug-likeness (QED) is 0.437. The third-order valence-corrected chi connectivity index (χ3v) is 6.49. The maximum atomic E-state index is 2.37. The van der Waals surface area contributed by atoms with Crippen molar-refractivity contribution >= 4 is 0 Å². The molecule has 0 heterocycles. The molecule has 0 amide bonds. The fourth-order valence-electron chi connectivity index (χ4n) is 5.02. The van der Waals surface area contributed by atoms with Crippen LogP contribution in [-0.4, -0.2) is 0 Å². The van der Waals surface area contributed by atoms with Crippen LogP contribution in [0.3, 0.4) is 0 Å². The van der Waals surface area contributed by atoms with E-state index in [4.69, 9.17) is 0 Å². The van der Waals surface area contributed by atoms with E-state index in [1.165, 1.54) is 59.1 Å². The summed E-state index contributed by atoms with van der Waals surface area (Å²) in [6.07, 6.45) is 5.29. The fourth-order valence-corrected chi connectivity index (χ4v) is 5.02. The number of hydrogen-bond acceptors (Lipinski definition) is 0. The molecule has 0 nitrogen and oxygen atoms in total. The Bertz CT molecular complexity index is 765. The molecule has 3 aromatic carbocycles. The van der Waals surface area contributed by atoms with Crippen molar-refractivity contribution in [1.29, 1.82) is 0 Å². The Labute approximate surface area is 164 Å². The van der Waals surface area contributed by atoms with Gasteiger partial charge in [-0.15, -0.1) is 0 Å². The zero-order valence-electron chi connectivity index (χ0n) is 16.8. The van der Waals surface area contributed by atoms with Crippen LogP contribution in [0.1, 0.15) is 59.1 Å². The van der Waals surface area contributed by atoms with Gasteiger partial charge in [-0.1, -0.05) is 102 Å². The molecule has 4 rings (SSSR count). The van der Waals surface area contributed by atoms with Crippen LogP contribution in [0.5, 0.6) is 0 Å². The van der Waals surface area contributed by atoms with Gasteiger partial charge in [0.25, 0.3) is 0 Å². The zero-order valence-corrected chi connectivity index (χ0v) is 16.8. The highest BCUT2D eigenvalue weighted by Gasteiger charge is 2.44. The summed E-state index contributed by atoms with van der Waals surface area (Å²) in [5.41, 5.74) is 8.23. The first-order valence-corrected chi connectivity index (χ1v) is 10.3. The van der Waals surface area contributed by atoms with E-state index in [1.54, 1.807) is 0 Å². The van der Waals surface area contributed by atoms with Crippen LogP contribution in [0.15, 0.2) is 72.8 Å². The van der Waals surface area contributed by atoms with Crippen molar-refractivity contribution in [2.75, 3.05) is 0 Å². The van der Waals surface area contributed by atoms with E-state index < -0.39 is 0 Å². The highest BCUT2D eigenvalue weighted by Crippen LogP contribution is 2.51. The number of hydrogen-bond donors (Lipinski definition) is 0. The van der Waals surface area contributed by atoms with Crippen molar-refractivity contribution in [3.8, 4) is 0 Å². The molecule has 0 aromatic heterocycles. The summed E-state index contributed by atoms with van der Waals surface area (Å²) in [4.78, 5) is 0.